The van der Waals surface area contributed by atoms with Gasteiger partial charge in [-0.25, -0.2) is 0 Å². The summed E-state index contributed by atoms with van der Waals surface area (Å²) in [5, 5.41) is 6.89. The normalized spacial score (nSPS) is 24.4. The molecule has 3 aliphatic heterocycles. The number of carbonyl (C=O) groups is 3. The van der Waals surface area contributed by atoms with E-state index in [9.17, 15) is 9.59 Å². The fraction of sp³-hybridized carbons (Fsp3) is 0.833. The molecule has 0 aromatic carbocycles. The Hall–Kier alpha value is -1.67. The molecule has 3 saturated heterocycles. The molecule has 26 heavy (non-hydrogen) atoms. The molecule has 3 heterocycles. The Morgan fingerprint density at radius 2 is 1.58 bits per heavy atom. The van der Waals surface area contributed by atoms with Crippen molar-refractivity contribution in [3.05, 3.63) is 0 Å². The lowest BCUT2D eigenvalue weighted by molar-refractivity contribution is -0.146. The van der Waals surface area contributed by atoms with E-state index in [1.165, 1.54) is 25.7 Å². The van der Waals surface area contributed by atoms with Crippen LogP contribution >= 0.6 is 0 Å². The van der Waals surface area contributed by atoms with Gasteiger partial charge in [-0.15, -0.1) is 0 Å². The predicted octanol–water partition coefficient (Wildman–Crippen LogP) is 0.413. The monoisotopic (exact) mass is 369 g/mol. The summed E-state index contributed by atoms with van der Waals surface area (Å²) >= 11 is 0. The molecule has 0 spiro atoms. The van der Waals surface area contributed by atoms with Gasteiger partial charge in [-0.1, -0.05) is 12.8 Å². The van der Waals surface area contributed by atoms with Gasteiger partial charge in [-0.2, -0.15) is 0 Å². The Labute approximate surface area is 155 Å². The zero-order chi connectivity index (χ0) is 18.8. The fourth-order valence-electron chi connectivity index (χ4n) is 3.89. The van der Waals surface area contributed by atoms with Gasteiger partial charge in [0, 0.05) is 19.6 Å². The van der Waals surface area contributed by atoms with Crippen molar-refractivity contribution in [3.63, 3.8) is 0 Å². The highest BCUT2D eigenvalue weighted by Crippen LogP contribution is 2.21. The smallest absolute Gasteiger partial charge is 0.290 e. The van der Waals surface area contributed by atoms with E-state index in [0.717, 1.165) is 32.5 Å². The summed E-state index contributed by atoms with van der Waals surface area (Å²) < 4.78 is 5.32. The number of hydrogen-bond donors (Lipinski definition) is 1. The van der Waals surface area contributed by atoms with Crippen LogP contribution < -0.4 is 0 Å². The van der Waals surface area contributed by atoms with Crippen molar-refractivity contribution in [1.29, 1.82) is 0 Å². The number of likely N-dealkylation sites (tertiary alicyclic amines) is 2. The van der Waals surface area contributed by atoms with Gasteiger partial charge in [0.25, 0.3) is 6.47 Å². The SMILES string of the molecule is O=C([C@@H]1CCCN1C(=O)CN1CCCCCC1)N1CCOCC1.O=CO. The minimum absolute atomic E-state index is 0.120. The average molecular weight is 369 g/mol. The van der Waals surface area contributed by atoms with Gasteiger partial charge in [0.15, 0.2) is 0 Å². The second-order valence-electron chi connectivity index (χ2n) is 6.98. The summed E-state index contributed by atoms with van der Waals surface area (Å²) in [5.74, 6) is 0.256. The topological polar surface area (TPSA) is 90.4 Å². The molecule has 8 nitrogen and oxygen atoms in total. The number of amides is 2. The highest BCUT2D eigenvalue weighted by atomic mass is 16.5. The summed E-state index contributed by atoms with van der Waals surface area (Å²) in [7, 11) is 0. The fourth-order valence-corrected chi connectivity index (χ4v) is 3.89. The van der Waals surface area contributed by atoms with E-state index in [2.05, 4.69) is 4.90 Å². The molecule has 8 heteroatoms. The van der Waals surface area contributed by atoms with Crippen LogP contribution in [0, 0.1) is 0 Å². The van der Waals surface area contributed by atoms with Crippen LogP contribution in [-0.4, -0.2) is 96.6 Å². The highest BCUT2D eigenvalue weighted by Gasteiger charge is 2.37. The van der Waals surface area contributed by atoms with Crippen LogP contribution in [0.15, 0.2) is 0 Å². The van der Waals surface area contributed by atoms with Crippen LogP contribution in [0.4, 0.5) is 0 Å². The first-order chi connectivity index (χ1) is 12.7. The molecule has 3 rings (SSSR count). The van der Waals surface area contributed by atoms with Crippen molar-refractivity contribution >= 4 is 18.3 Å². The number of carbonyl (C=O) groups excluding carboxylic acids is 2. The Morgan fingerprint density at radius 3 is 2.19 bits per heavy atom. The van der Waals surface area contributed by atoms with E-state index < -0.39 is 0 Å². The third-order valence-corrected chi connectivity index (χ3v) is 5.24. The van der Waals surface area contributed by atoms with Crippen molar-refractivity contribution in [2.24, 2.45) is 0 Å². The van der Waals surface area contributed by atoms with Gasteiger partial charge in [-0.05, 0) is 38.8 Å². The summed E-state index contributed by atoms with van der Waals surface area (Å²) in [4.78, 5) is 39.8. The Balaban J connectivity index is 0.000000758. The van der Waals surface area contributed by atoms with Crippen molar-refractivity contribution < 1.29 is 24.2 Å². The van der Waals surface area contributed by atoms with Crippen molar-refractivity contribution in [1.82, 2.24) is 14.7 Å². The first-order valence-corrected chi connectivity index (χ1v) is 9.63. The maximum Gasteiger partial charge on any atom is 0.290 e. The molecular weight excluding hydrogens is 338 g/mol. The average Bonchev–Trinajstić information content (AvgIpc) is 3.01. The molecule has 0 radical (unpaired) electrons. The van der Waals surface area contributed by atoms with Gasteiger partial charge < -0.3 is 19.6 Å². The van der Waals surface area contributed by atoms with Crippen LogP contribution in [0.2, 0.25) is 0 Å². The lowest BCUT2D eigenvalue weighted by atomic mass is 10.2. The molecule has 148 valence electrons. The zero-order valence-corrected chi connectivity index (χ0v) is 15.5. The first-order valence-electron chi connectivity index (χ1n) is 9.63. The minimum atomic E-state index is -0.250. The molecule has 3 aliphatic rings. The summed E-state index contributed by atoms with van der Waals surface area (Å²) in [6, 6.07) is -0.243. The third-order valence-electron chi connectivity index (χ3n) is 5.24. The number of carboxylic acid groups (broad SMARTS) is 1. The Morgan fingerprint density at radius 1 is 0.962 bits per heavy atom. The number of nitrogens with zero attached hydrogens (tertiary/aromatic N) is 3. The Kier molecular flexibility index (Phi) is 8.84. The highest BCUT2D eigenvalue weighted by molar-refractivity contribution is 5.89. The third kappa shape index (κ3) is 5.95. The second-order valence-corrected chi connectivity index (χ2v) is 6.98. The first kappa shape index (κ1) is 20.6. The number of hydrogen-bond acceptors (Lipinski definition) is 5. The molecule has 0 aliphatic carbocycles. The molecule has 0 aromatic rings. The van der Waals surface area contributed by atoms with Gasteiger partial charge >= 0.3 is 0 Å². The number of ether oxygens (including phenoxy) is 1. The van der Waals surface area contributed by atoms with Gasteiger partial charge in [0.05, 0.1) is 19.8 Å². The molecule has 1 N–H and O–H groups in total. The molecule has 0 aromatic heterocycles. The standard InChI is InChI=1S/C17H29N3O3.CH2O2/c21-16(14-18-7-3-1-2-4-8-18)20-9-5-6-15(20)17(22)19-10-12-23-13-11-19;2-1-3/h15H,1-14H2;1H,(H,2,3)/t15-;/m0./s1. The molecule has 1 atom stereocenters. The molecule has 0 unspecified atom stereocenters. The van der Waals surface area contributed by atoms with E-state index in [-0.39, 0.29) is 24.3 Å². The van der Waals surface area contributed by atoms with E-state index in [4.69, 9.17) is 14.6 Å². The van der Waals surface area contributed by atoms with E-state index in [1.807, 2.05) is 9.80 Å². The maximum atomic E-state index is 12.7. The molecular formula is C18H31N3O5. The number of morpholine rings is 1. The van der Waals surface area contributed by atoms with E-state index in [1.54, 1.807) is 0 Å². The van der Waals surface area contributed by atoms with Crippen molar-refractivity contribution in [2.45, 2.75) is 44.6 Å². The number of rotatable bonds is 3. The predicted molar refractivity (Wildman–Crippen MR) is 95.7 cm³/mol. The maximum absolute atomic E-state index is 12.7. The lowest BCUT2D eigenvalue weighted by Gasteiger charge is -2.33. The van der Waals surface area contributed by atoms with Gasteiger partial charge in [0.1, 0.15) is 6.04 Å². The van der Waals surface area contributed by atoms with Crippen LogP contribution in [0.3, 0.4) is 0 Å². The second kappa shape index (κ2) is 11.1. The minimum Gasteiger partial charge on any atom is -0.483 e. The van der Waals surface area contributed by atoms with Crippen LogP contribution in [0.5, 0.6) is 0 Å². The zero-order valence-electron chi connectivity index (χ0n) is 15.5. The van der Waals surface area contributed by atoms with Crippen LogP contribution in [0.25, 0.3) is 0 Å². The quantitative estimate of drug-likeness (QED) is 0.725. The summed E-state index contributed by atoms with van der Waals surface area (Å²) in [5.41, 5.74) is 0. The summed E-state index contributed by atoms with van der Waals surface area (Å²) in [6.45, 7) is 5.52. The molecule has 0 saturated carbocycles. The van der Waals surface area contributed by atoms with Crippen LogP contribution in [0.1, 0.15) is 38.5 Å². The van der Waals surface area contributed by atoms with Crippen LogP contribution in [-0.2, 0) is 19.1 Å². The summed E-state index contributed by atoms with van der Waals surface area (Å²) in [6.07, 6.45) is 6.65. The van der Waals surface area contributed by atoms with Crippen molar-refractivity contribution in [2.75, 3.05) is 52.5 Å². The van der Waals surface area contributed by atoms with E-state index >= 15 is 0 Å². The molecule has 2 amide bonds. The lowest BCUT2D eigenvalue weighted by Crippen LogP contribution is -2.52. The van der Waals surface area contributed by atoms with Crippen molar-refractivity contribution in [3.8, 4) is 0 Å². The van der Waals surface area contributed by atoms with Gasteiger partial charge in [-0.3, -0.25) is 19.3 Å². The van der Waals surface area contributed by atoms with Gasteiger partial charge in [0.2, 0.25) is 11.8 Å². The Bertz CT molecular complexity index is 460. The molecule has 0 bridgehead atoms. The van der Waals surface area contributed by atoms with E-state index in [0.29, 0.717) is 32.8 Å². The largest absolute Gasteiger partial charge is 0.483 e. The molecule has 3 fully saturated rings.